The number of nitrogens with two attached hydrogens (primary N) is 1. The van der Waals surface area contributed by atoms with Crippen molar-refractivity contribution in [1.82, 2.24) is 0 Å². The minimum absolute atomic E-state index is 0.158. The summed E-state index contributed by atoms with van der Waals surface area (Å²) >= 11 is 3.38. The fraction of sp³-hybridized carbons (Fsp3) is 0.0714. The Morgan fingerprint density at radius 3 is 2.65 bits per heavy atom. The molecule has 0 unspecified atom stereocenters. The third-order valence-electron chi connectivity index (χ3n) is 2.70. The Morgan fingerprint density at radius 1 is 1.30 bits per heavy atom. The zero-order chi connectivity index (χ0) is 14.7. The summed E-state index contributed by atoms with van der Waals surface area (Å²) in [5, 5.41) is 12.2. The van der Waals surface area contributed by atoms with E-state index < -0.39 is 5.97 Å². The lowest BCUT2D eigenvalue weighted by atomic mass is 10.1. The summed E-state index contributed by atoms with van der Waals surface area (Å²) in [7, 11) is 1.58. The molecule has 0 bridgehead atoms. The van der Waals surface area contributed by atoms with Gasteiger partial charge in [0, 0.05) is 11.4 Å². The van der Waals surface area contributed by atoms with Crippen LogP contribution in [0.2, 0.25) is 0 Å². The van der Waals surface area contributed by atoms with Crippen LogP contribution in [-0.2, 0) is 0 Å². The Morgan fingerprint density at radius 2 is 2.05 bits per heavy atom. The predicted molar refractivity (Wildman–Crippen MR) is 81.8 cm³/mol. The maximum atomic E-state index is 11.2. The third kappa shape index (κ3) is 3.03. The number of benzene rings is 2. The second-order valence-electron chi connectivity index (χ2n) is 4.08. The molecule has 0 radical (unpaired) electrons. The van der Waals surface area contributed by atoms with Crippen LogP contribution in [0.15, 0.2) is 40.9 Å². The molecule has 5 nitrogen and oxygen atoms in total. The number of methoxy groups -OCH3 is 1. The number of hydrogen-bond donors (Lipinski definition) is 3. The van der Waals surface area contributed by atoms with Crippen LogP contribution in [0.4, 0.5) is 17.1 Å². The standard InChI is InChI=1S/C14H13BrN2O3/c1-20-13-5-3-9(7-11(13)15)17-12-6-8(16)2-4-10(12)14(18)19/h2-7,17H,16H2,1H3,(H,18,19). The first-order valence-corrected chi connectivity index (χ1v) is 6.54. The predicted octanol–water partition coefficient (Wildman–Crippen LogP) is 3.48. The number of halogens is 1. The van der Waals surface area contributed by atoms with Crippen LogP contribution in [0.5, 0.6) is 5.75 Å². The van der Waals surface area contributed by atoms with Gasteiger partial charge in [-0.25, -0.2) is 4.79 Å². The van der Waals surface area contributed by atoms with Gasteiger partial charge in [0.05, 0.1) is 22.8 Å². The van der Waals surface area contributed by atoms with E-state index in [-0.39, 0.29) is 5.56 Å². The van der Waals surface area contributed by atoms with Crippen molar-refractivity contribution < 1.29 is 14.6 Å². The zero-order valence-corrected chi connectivity index (χ0v) is 12.3. The van der Waals surface area contributed by atoms with Crippen LogP contribution in [0.25, 0.3) is 0 Å². The molecule has 0 amide bonds. The van der Waals surface area contributed by atoms with Crippen LogP contribution in [-0.4, -0.2) is 18.2 Å². The first-order valence-electron chi connectivity index (χ1n) is 5.74. The first kappa shape index (κ1) is 14.2. The van der Waals surface area contributed by atoms with Gasteiger partial charge < -0.3 is 20.9 Å². The lowest BCUT2D eigenvalue weighted by molar-refractivity contribution is 0.0698. The van der Waals surface area contributed by atoms with E-state index in [2.05, 4.69) is 21.2 Å². The Balaban J connectivity index is 2.36. The van der Waals surface area contributed by atoms with E-state index in [9.17, 15) is 4.79 Å². The van der Waals surface area contributed by atoms with Crippen molar-refractivity contribution in [3.05, 3.63) is 46.4 Å². The summed E-state index contributed by atoms with van der Waals surface area (Å²) in [5.74, 6) is -0.318. The van der Waals surface area contributed by atoms with E-state index in [1.807, 2.05) is 0 Å². The lowest BCUT2D eigenvalue weighted by Crippen LogP contribution is -2.03. The second-order valence-corrected chi connectivity index (χ2v) is 4.94. The molecule has 6 heteroatoms. The van der Waals surface area contributed by atoms with Crippen molar-refractivity contribution in [2.75, 3.05) is 18.2 Å². The minimum Gasteiger partial charge on any atom is -0.496 e. The van der Waals surface area contributed by atoms with Gasteiger partial charge in [-0.2, -0.15) is 0 Å². The third-order valence-corrected chi connectivity index (χ3v) is 3.32. The summed E-state index contributed by atoms with van der Waals surface area (Å²) < 4.78 is 5.91. The maximum absolute atomic E-state index is 11.2. The van der Waals surface area contributed by atoms with Gasteiger partial charge in [0.2, 0.25) is 0 Å². The summed E-state index contributed by atoms with van der Waals surface area (Å²) in [6.45, 7) is 0. The van der Waals surface area contributed by atoms with Crippen molar-refractivity contribution in [3.8, 4) is 5.75 Å². The molecule has 0 aliphatic rings. The minimum atomic E-state index is -1.01. The number of nitrogens with one attached hydrogen (secondary N) is 1. The average molecular weight is 337 g/mol. The molecule has 0 saturated carbocycles. The molecule has 0 heterocycles. The van der Waals surface area contributed by atoms with Crippen LogP contribution in [0.1, 0.15) is 10.4 Å². The van der Waals surface area contributed by atoms with Gasteiger partial charge >= 0.3 is 5.97 Å². The number of nitrogen functional groups attached to an aromatic ring is 1. The van der Waals surface area contributed by atoms with Crippen LogP contribution >= 0.6 is 15.9 Å². The average Bonchev–Trinajstić information content (AvgIpc) is 2.38. The van der Waals surface area contributed by atoms with Gasteiger partial charge in [0.1, 0.15) is 5.75 Å². The highest BCUT2D eigenvalue weighted by Crippen LogP contribution is 2.30. The molecule has 0 aliphatic carbocycles. The van der Waals surface area contributed by atoms with E-state index in [1.54, 1.807) is 37.4 Å². The normalized spacial score (nSPS) is 10.1. The van der Waals surface area contributed by atoms with E-state index in [1.165, 1.54) is 6.07 Å². The number of anilines is 3. The molecule has 0 spiro atoms. The molecule has 2 rings (SSSR count). The van der Waals surface area contributed by atoms with E-state index in [4.69, 9.17) is 15.6 Å². The van der Waals surface area contributed by atoms with Crippen LogP contribution < -0.4 is 15.8 Å². The second kappa shape index (κ2) is 5.83. The Kier molecular flexibility index (Phi) is 4.14. The van der Waals surface area contributed by atoms with Crippen molar-refractivity contribution in [3.63, 3.8) is 0 Å². The van der Waals surface area contributed by atoms with E-state index in [0.717, 1.165) is 10.2 Å². The quantitative estimate of drug-likeness (QED) is 0.744. The van der Waals surface area contributed by atoms with Gasteiger partial charge in [-0.3, -0.25) is 0 Å². The number of ether oxygens (including phenoxy) is 1. The Bertz CT molecular complexity index is 659. The van der Waals surface area contributed by atoms with Gasteiger partial charge in [-0.1, -0.05) is 0 Å². The molecule has 0 saturated heterocycles. The summed E-state index contributed by atoms with van der Waals surface area (Å²) in [6.07, 6.45) is 0. The van der Waals surface area contributed by atoms with Gasteiger partial charge in [-0.15, -0.1) is 0 Å². The number of rotatable bonds is 4. The molecule has 0 aliphatic heterocycles. The molecule has 0 fully saturated rings. The van der Waals surface area contributed by atoms with E-state index in [0.29, 0.717) is 17.1 Å². The lowest BCUT2D eigenvalue weighted by Gasteiger charge is -2.12. The molecule has 20 heavy (non-hydrogen) atoms. The highest BCUT2D eigenvalue weighted by Gasteiger charge is 2.11. The number of carboxylic acid groups (broad SMARTS) is 1. The molecule has 4 N–H and O–H groups in total. The van der Waals surface area contributed by atoms with Crippen molar-refractivity contribution in [2.24, 2.45) is 0 Å². The SMILES string of the molecule is COc1ccc(Nc2cc(N)ccc2C(=O)O)cc1Br. The number of carboxylic acids is 1. The Labute approximate surface area is 124 Å². The van der Waals surface area contributed by atoms with Gasteiger partial charge in [0.25, 0.3) is 0 Å². The van der Waals surface area contributed by atoms with Crippen LogP contribution in [0, 0.1) is 0 Å². The molecular weight excluding hydrogens is 324 g/mol. The maximum Gasteiger partial charge on any atom is 0.337 e. The number of carbonyl (C=O) groups is 1. The zero-order valence-electron chi connectivity index (χ0n) is 10.7. The summed E-state index contributed by atoms with van der Waals surface area (Å²) in [4.78, 5) is 11.2. The molecule has 104 valence electrons. The first-order chi connectivity index (χ1) is 9.51. The van der Waals surface area contributed by atoms with Gasteiger partial charge in [-0.05, 0) is 52.3 Å². The smallest absolute Gasteiger partial charge is 0.337 e. The fourth-order valence-corrected chi connectivity index (χ4v) is 2.29. The molecule has 2 aromatic rings. The molecule has 2 aromatic carbocycles. The van der Waals surface area contributed by atoms with Gasteiger partial charge in [0.15, 0.2) is 0 Å². The van der Waals surface area contributed by atoms with Crippen molar-refractivity contribution in [1.29, 1.82) is 0 Å². The van der Waals surface area contributed by atoms with Crippen LogP contribution in [0.3, 0.4) is 0 Å². The summed E-state index contributed by atoms with van der Waals surface area (Å²) in [5.41, 5.74) is 7.51. The molecular formula is C14H13BrN2O3. The summed E-state index contributed by atoms with van der Waals surface area (Å²) in [6, 6.07) is 9.98. The molecule has 0 aromatic heterocycles. The number of aromatic carboxylic acids is 1. The van der Waals surface area contributed by atoms with Crippen molar-refractivity contribution in [2.45, 2.75) is 0 Å². The topological polar surface area (TPSA) is 84.6 Å². The highest BCUT2D eigenvalue weighted by atomic mass is 79.9. The monoisotopic (exact) mass is 336 g/mol. The van der Waals surface area contributed by atoms with Crippen molar-refractivity contribution >= 4 is 39.0 Å². The number of hydrogen-bond acceptors (Lipinski definition) is 4. The fourth-order valence-electron chi connectivity index (χ4n) is 1.75. The van der Waals surface area contributed by atoms with E-state index >= 15 is 0 Å². The highest BCUT2D eigenvalue weighted by molar-refractivity contribution is 9.10. The largest absolute Gasteiger partial charge is 0.496 e. The Hall–Kier alpha value is -2.21. The molecule has 0 atom stereocenters.